The molecule has 4 aromatic rings. The molecule has 0 unspecified atom stereocenters. The second-order valence-electron chi connectivity index (χ2n) is 8.14. The number of phenolic OH excluding ortho intramolecular Hbond substituents is 1. The third kappa shape index (κ3) is 4.07. The number of rotatable bonds is 8. The molecule has 35 heavy (non-hydrogen) atoms. The fraction of sp³-hybridized carbons (Fsp3) is 0.222. The lowest BCUT2D eigenvalue weighted by Gasteiger charge is -2.27. The predicted octanol–water partition coefficient (Wildman–Crippen LogP) is 4.72. The standard InChI is InChI=1S/C27H26N4O4/c1-3-34-21-10-9-18(15-22(21)35-4-2)26-23-24(19-7-5-6-8-20(19)32)29-30-25(23)27(33)31(26)16-17-11-13-28-14-12-17/h5-15,26,32H,3-4,16H2,1-2H3,(H,29,30)/t26-/m1/s1. The van der Waals surface area contributed by atoms with Crippen molar-refractivity contribution in [2.24, 2.45) is 0 Å². The number of carbonyl (C=O) groups is 1. The lowest BCUT2D eigenvalue weighted by molar-refractivity contribution is 0.0729. The summed E-state index contributed by atoms with van der Waals surface area (Å²) >= 11 is 0. The average Bonchev–Trinajstić information content (AvgIpc) is 3.41. The Morgan fingerprint density at radius 3 is 2.49 bits per heavy atom. The minimum absolute atomic E-state index is 0.0993. The number of pyridine rings is 1. The number of phenols is 1. The number of para-hydroxylation sites is 1. The van der Waals surface area contributed by atoms with Crippen LogP contribution in [-0.4, -0.2) is 44.3 Å². The van der Waals surface area contributed by atoms with Crippen molar-refractivity contribution in [2.75, 3.05) is 13.2 Å². The van der Waals surface area contributed by atoms with Crippen molar-refractivity contribution in [3.05, 3.63) is 89.4 Å². The Hall–Kier alpha value is -4.33. The van der Waals surface area contributed by atoms with E-state index in [2.05, 4.69) is 15.2 Å². The molecule has 2 aromatic carbocycles. The molecule has 0 radical (unpaired) electrons. The number of hydrogen-bond acceptors (Lipinski definition) is 6. The molecule has 3 heterocycles. The van der Waals surface area contributed by atoms with Gasteiger partial charge in [0.05, 0.1) is 19.3 Å². The van der Waals surface area contributed by atoms with Gasteiger partial charge in [-0.25, -0.2) is 0 Å². The quantitative estimate of drug-likeness (QED) is 0.387. The number of benzene rings is 2. The molecule has 0 fully saturated rings. The van der Waals surface area contributed by atoms with Gasteiger partial charge >= 0.3 is 0 Å². The van der Waals surface area contributed by atoms with E-state index in [4.69, 9.17) is 9.47 Å². The van der Waals surface area contributed by atoms with Gasteiger partial charge in [-0.3, -0.25) is 14.9 Å². The topological polar surface area (TPSA) is 101 Å². The van der Waals surface area contributed by atoms with Gasteiger partial charge < -0.3 is 19.5 Å². The van der Waals surface area contributed by atoms with Crippen molar-refractivity contribution in [1.82, 2.24) is 20.1 Å². The summed E-state index contributed by atoms with van der Waals surface area (Å²) in [6, 6.07) is 16.1. The van der Waals surface area contributed by atoms with Crippen LogP contribution >= 0.6 is 0 Å². The molecule has 1 aliphatic rings. The molecule has 0 aliphatic carbocycles. The maximum atomic E-state index is 13.6. The number of H-pyrrole nitrogens is 1. The van der Waals surface area contributed by atoms with Gasteiger partial charge in [-0.2, -0.15) is 5.10 Å². The van der Waals surface area contributed by atoms with Crippen molar-refractivity contribution in [3.63, 3.8) is 0 Å². The minimum Gasteiger partial charge on any atom is -0.507 e. The summed E-state index contributed by atoms with van der Waals surface area (Å²) in [5.74, 6) is 1.20. The van der Waals surface area contributed by atoms with Gasteiger partial charge in [0.1, 0.15) is 17.1 Å². The Labute approximate surface area is 203 Å². The van der Waals surface area contributed by atoms with E-state index >= 15 is 0 Å². The van der Waals surface area contributed by atoms with Crippen LogP contribution in [0.25, 0.3) is 11.3 Å². The third-order valence-electron chi connectivity index (χ3n) is 6.01. The number of aromatic amines is 1. The molecule has 5 rings (SSSR count). The molecule has 8 heteroatoms. The zero-order valence-corrected chi connectivity index (χ0v) is 19.6. The molecule has 1 atom stereocenters. The molecule has 178 valence electrons. The first-order valence-electron chi connectivity index (χ1n) is 11.6. The van der Waals surface area contributed by atoms with E-state index in [1.165, 1.54) is 0 Å². The smallest absolute Gasteiger partial charge is 0.273 e. The minimum atomic E-state index is -0.450. The van der Waals surface area contributed by atoms with Crippen molar-refractivity contribution >= 4 is 5.91 Å². The maximum Gasteiger partial charge on any atom is 0.273 e. The average molecular weight is 471 g/mol. The van der Waals surface area contributed by atoms with Gasteiger partial charge in [0, 0.05) is 30.1 Å². The summed E-state index contributed by atoms with van der Waals surface area (Å²) in [4.78, 5) is 19.5. The predicted molar refractivity (Wildman–Crippen MR) is 130 cm³/mol. The molecule has 0 spiro atoms. The summed E-state index contributed by atoms with van der Waals surface area (Å²) in [7, 11) is 0. The normalized spacial score (nSPS) is 14.7. The van der Waals surface area contributed by atoms with E-state index in [9.17, 15) is 9.90 Å². The van der Waals surface area contributed by atoms with Crippen LogP contribution in [0.3, 0.4) is 0 Å². The number of nitrogens with one attached hydrogen (secondary N) is 1. The van der Waals surface area contributed by atoms with E-state index < -0.39 is 6.04 Å². The molecule has 1 amide bonds. The van der Waals surface area contributed by atoms with E-state index in [1.54, 1.807) is 35.5 Å². The Kier molecular flexibility index (Phi) is 6.10. The molecule has 8 nitrogen and oxygen atoms in total. The number of hydrogen-bond donors (Lipinski definition) is 2. The van der Waals surface area contributed by atoms with Crippen LogP contribution < -0.4 is 9.47 Å². The number of carbonyl (C=O) groups excluding carboxylic acids is 1. The molecule has 2 aromatic heterocycles. The Morgan fingerprint density at radius 1 is 1.00 bits per heavy atom. The highest BCUT2D eigenvalue weighted by Gasteiger charge is 2.42. The molecule has 0 saturated heterocycles. The molecular formula is C27H26N4O4. The van der Waals surface area contributed by atoms with Gasteiger partial charge in [-0.15, -0.1) is 0 Å². The summed E-state index contributed by atoms with van der Waals surface area (Å²) in [6.07, 6.45) is 3.42. The zero-order valence-electron chi connectivity index (χ0n) is 19.6. The first-order valence-corrected chi connectivity index (χ1v) is 11.6. The first kappa shape index (κ1) is 22.5. The summed E-state index contributed by atoms with van der Waals surface area (Å²) in [5, 5.41) is 17.9. The molecule has 0 saturated carbocycles. The van der Waals surface area contributed by atoms with Gasteiger partial charge in [0.2, 0.25) is 0 Å². The van der Waals surface area contributed by atoms with Crippen LogP contribution in [0.2, 0.25) is 0 Å². The summed E-state index contributed by atoms with van der Waals surface area (Å²) in [5.41, 5.74) is 4.05. The number of fused-ring (bicyclic) bond motifs is 1. The number of amides is 1. The van der Waals surface area contributed by atoms with Crippen molar-refractivity contribution in [3.8, 4) is 28.5 Å². The largest absolute Gasteiger partial charge is 0.507 e. The van der Waals surface area contributed by atoms with Gasteiger partial charge in [0.15, 0.2) is 11.5 Å². The molecule has 1 aliphatic heterocycles. The van der Waals surface area contributed by atoms with E-state index in [0.717, 1.165) is 16.7 Å². The number of ether oxygens (including phenoxy) is 2. The van der Waals surface area contributed by atoms with E-state index in [0.29, 0.717) is 48.2 Å². The summed E-state index contributed by atoms with van der Waals surface area (Å²) in [6.45, 7) is 5.21. The van der Waals surface area contributed by atoms with Crippen molar-refractivity contribution in [2.45, 2.75) is 26.4 Å². The fourth-order valence-electron chi connectivity index (χ4n) is 4.51. The molecular weight excluding hydrogens is 444 g/mol. The third-order valence-corrected chi connectivity index (χ3v) is 6.01. The lowest BCUT2D eigenvalue weighted by atomic mass is 9.95. The molecule has 0 bridgehead atoms. The van der Waals surface area contributed by atoms with Gasteiger partial charge in [-0.05, 0) is 61.4 Å². The Balaban J connectivity index is 1.67. The number of aromatic hydroxyl groups is 1. The summed E-state index contributed by atoms with van der Waals surface area (Å²) < 4.78 is 11.6. The second-order valence-corrected chi connectivity index (χ2v) is 8.14. The Morgan fingerprint density at radius 2 is 1.74 bits per heavy atom. The fourth-order valence-corrected chi connectivity index (χ4v) is 4.51. The Bertz CT molecular complexity index is 1350. The highest BCUT2D eigenvalue weighted by molar-refractivity contribution is 6.00. The van der Waals surface area contributed by atoms with Gasteiger partial charge in [0.25, 0.3) is 5.91 Å². The lowest BCUT2D eigenvalue weighted by Crippen LogP contribution is -2.29. The van der Waals surface area contributed by atoms with Crippen LogP contribution in [0, 0.1) is 0 Å². The van der Waals surface area contributed by atoms with Crippen LogP contribution in [0.15, 0.2) is 67.0 Å². The van der Waals surface area contributed by atoms with E-state index in [-0.39, 0.29) is 11.7 Å². The zero-order chi connectivity index (χ0) is 24.4. The van der Waals surface area contributed by atoms with Crippen molar-refractivity contribution < 1.29 is 19.4 Å². The van der Waals surface area contributed by atoms with Crippen LogP contribution in [0.1, 0.15) is 47.1 Å². The SMILES string of the molecule is CCOc1ccc([C@@H]2c3c(-c4ccccc4O)n[nH]c3C(=O)N2Cc2ccncc2)cc1OCC. The van der Waals surface area contributed by atoms with Gasteiger partial charge in [-0.1, -0.05) is 18.2 Å². The highest BCUT2D eigenvalue weighted by Crippen LogP contribution is 2.46. The second kappa shape index (κ2) is 9.50. The van der Waals surface area contributed by atoms with Crippen LogP contribution in [0.4, 0.5) is 0 Å². The number of aromatic nitrogens is 3. The first-order chi connectivity index (χ1) is 17.1. The maximum absolute atomic E-state index is 13.6. The van der Waals surface area contributed by atoms with E-state index in [1.807, 2.05) is 50.2 Å². The van der Waals surface area contributed by atoms with Crippen LogP contribution in [0.5, 0.6) is 17.2 Å². The monoisotopic (exact) mass is 470 g/mol. The molecule has 2 N–H and O–H groups in total. The van der Waals surface area contributed by atoms with Crippen LogP contribution in [-0.2, 0) is 6.54 Å². The number of nitrogens with zero attached hydrogens (tertiary/aromatic N) is 3. The highest BCUT2D eigenvalue weighted by atomic mass is 16.5. The van der Waals surface area contributed by atoms with Crippen molar-refractivity contribution in [1.29, 1.82) is 0 Å².